The van der Waals surface area contributed by atoms with E-state index in [1.165, 1.54) is 30.5 Å². The maximum atomic E-state index is 13.8. The van der Waals surface area contributed by atoms with Crippen LogP contribution in [0, 0.1) is 32.8 Å². The zero-order valence-electron chi connectivity index (χ0n) is 21.2. The minimum absolute atomic E-state index is 0.00527. The number of pyridine rings is 1. The van der Waals surface area contributed by atoms with E-state index in [4.69, 9.17) is 0 Å². The molecule has 2 aromatic heterocycles. The van der Waals surface area contributed by atoms with Crippen LogP contribution in [-0.2, 0) is 0 Å². The maximum Gasteiger partial charge on any atom is 0.291 e. The predicted octanol–water partition coefficient (Wildman–Crippen LogP) is 5.83. The van der Waals surface area contributed by atoms with Crippen molar-refractivity contribution in [3.63, 3.8) is 0 Å². The minimum Gasteiger partial charge on any atom is -0.337 e. The van der Waals surface area contributed by atoms with E-state index in [0.717, 1.165) is 14.7 Å². The third kappa shape index (κ3) is 5.28. The molecule has 0 amide bonds. The summed E-state index contributed by atoms with van der Waals surface area (Å²) in [4.78, 5) is 36.5. The SMILES string of the molecule is C/C(=N\n1c(/N=C/c2ccc(Br)cc2)c(C#N)c(-c2ccc([N+](=O)[O-])cc2)c(C#N)c1=O)c1nc2ccccc2[nH]1. The van der Waals surface area contributed by atoms with E-state index < -0.39 is 10.5 Å². The van der Waals surface area contributed by atoms with Crippen LogP contribution in [0.4, 0.5) is 11.5 Å². The molecule has 198 valence electrons. The summed E-state index contributed by atoms with van der Waals surface area (Å²) in [5.41, 5.74) is 1.25. The van der Waals surface area contributed by atoms with Gasteiger partial charge in [0.15, 0.2) is 11.6 Å². The number of imidazole rings is 1. The molecular formula is C29H17BrN8O3. The largest absolute Gasteiger partial charge is 0.337 e. The fourth-order valence-corrected chi connectivity index (χ4v) is 4.38. The van der Waals surface area contributed by atoms with Gasteiger partial charge in [-0.25, -0.2) is 9.98 Å². The number of nitro groups is 1. The van der Waals surface area contributed by atoms with Crippen LogP contribution in [0.1, 0.15) is 29.4 Å². The third-order valence-corrected chi connectivity index (χ3v) is 6.64. The first-order chi connectivity index (χ1) is 19.8. The molecule has 12 heteroatoms. The number of rotatable bonds is 6. The molecule has 0 radical (unpaired) electrons. The van der Waals surface area contributed by atoms with Crippen LogP contribution < -0.4 is 5.56 Å². The van der Waals surface area contributed by atoms with E-state index in [1.807, 2.05) is 42.5 Å². The number of fused-ring (bicyclic) bond motifs is 1. The highest BCUT2D eigenvalue weighted by atomic mass is 79.9. The third-order valence-electron chi connectivity index (χ3n) is 6.11. The summed E-state index contributed by atoms with van der Waals surface area (Å²) in [6, 6.07) is 23.7. The number of H-pyrrole nitrogens is 1. The van der Waals surface area contributed by atoms with Gasteiger partial charge in [0, 0.05) is 28.4 Å². The zero-order chi connectivity index (χ0) is 29.1. The van der Waals surface area contributed by atoms with Gasteiger partial charge in [0.2, 0.25) is 0 Å². The Bertz CT molecular complexity index is 1990. The number of nitrogens with zero attached hydrogens (tertiary/aromatic N) is 7. The van der Waals surface area contributed by atoms with Crippen LogP contribution in [0.3, 0.4) is 0 Å². The Labute approximate surface area is 240 Å². The number of hydrogen-bond acceptors (Lipinski definition) is 8. The summed E-state index contributed by atoms with van der Waals surface area (Å²) < 4.78 is 1.76. The first-order valence-corrected chi connectivity index (χ1v) is 12.8. The van der Waals surface area contributed by atoms with Crippen LogP contribution >= 0.6 is 15.9 Å². The Balaban J connectivity index is 1.78. The van der Waals surface area contributed by atoms with Gasteiger partial charge in [0.1, 0.15) is 29.0 Å². The second kappa shape index (κ2) is 11.2. The molecule has 0 aliphatic heterocycles. The second-order valence-electron chi connectivity index (χ2n) is 8.69. The van der Waals surface area contributed by atoms with E-state index in [9.17, 15) is 25.4 Å². The molecule has 2 heterocycles. The van der Waals surface area contributed by atoms with Crippen LogP contribution in [0.15, 0.2) is 92.2 Å². The number of aromatic amines is 1. The van der Waals surface area contributed by atoms with Crippen LogP contribution in [0.5, 0.6) is 0 Å². The van der Waals surface area contributed by atoms with Crippen molar-refractivity contribution in [3.8, 4) is 23.3 Å². The van der Waals surface area contributed by atoms with E-state index in [0.29, 0.717) is 22.6 Å². The molecule has 0 aliphatic carbocycles. The number of para-hydroxylation sites is 2. The van der Waals surface area contributed by atoms with Gasteiger partial charge in [0.25, 0.3) is 11.2 Å². The summed E-state index contributed by atoms with van der Waals surface area (Å²) in [7, 11) is 0. The lowest BCUT2D eigenvalue weighted by Gasteiger charge is -2.13. The van der Waals surface area contributed by atoms with Gasteiger partial charge in [-0.2, -0.15) is 20.3 Å². The van der Waals surface area contributed by atoms with Gasteiger partial charge in [-0.3, -0.25) is 14.9 Å². The Morgan fingerprint density at radius 2 is 1.73 bits per heavy atom. The van der Waals surface area contributed by atoms with Crippen molar-refractivity contribution >= 4 is 50.4 Å². The fourth-order valence-electron chi connectivity index (χ4n) is 4.12. The average Bonchev–Trinajstić information content (AvgIpc) is 3.42. The molecule has 0 atom stereocenters. The molecule has 0 saturated carbocycles. The number of aliphatic imine (C=N–C) groups is 1. The van der Waals surface area contributed by atoms with Crippen molar-refractivity contribution in [2.45, 2.75) is 6.92 Å². The smallest absolute Gasteiger partial charge is 0.291 e. The minimum atomic E-state index is -0.821. The summed E-state index contributed by atoms with van der Waals surface area (Å²) in [5.74, 6) is 0.264. The molecule has 0 fully saturated rings. The fraction of sp³-hybridized carbons (Fsp3) is 0.0345. The number of halogens is 1. The monoisotopic (exact) mass is 604 g/mol. The number of hydrogen-bond donors (Lipinski definition) is 1. The lowest BCUT2D eigenvalue weighted by molar-refractivity contribution is -0.384. The van der Waals surface area contributed by atoms with Gasteiger partial charge in [-0.05, 0) is 54.4 Å². The molecule has 3 aromatic carbocycles. The van der Waals surface area contributed by atoms with Crippen molar-refractivity contribution in [2.75, 3.05) is 0 Å². The van der Waals surface area contributed by atoms with Crippen LogP contribution in [0.2, 0.25) is 0 Å². The summed E-state index contributed by atoms with van der Waals surface area (Å²) in [6.45, 7) is 1.63. The molecule has 0 bridgehead atoms. The average molecular weight is 605 g/mol. The number of non-ortho nitro benzene ring substituents is 1. The van der Waals surface area contributed by atoms with Crippen molar-refractivity contribution < 1.29 is 4.92 Å². The molecule has 41 heavy (non-hydrogen) atoms. The van der Waals surface area contributed by atoms with Gasteiger partial charge in [-0.1, -0.05) is 40.2 Å². The molecule has 0 spiro atoms. The lowest BCUT2D eigenvalue weighted by atomic mass is 9.96. The highest BCUT2D eigenvalue weighted by molar-refractivity contribution is 9.10. The van der Waals surface area contributed by atoms with E-state index >= 15 is 0 Å². The van der Waals surface area contributed by atoms with Crippen molar-refractivity contribution in [1.82, 2.24) is 14.6 Å². The molecule has 1 N–H and O–H groups in total. The number of benzene rings is 3. The maximum absolute atomic E-state index is 13.8. The summed E-state index contributed by atoms with van der Waals surface area (Å²) in [5, 5.41) is 35.9. The number of nitro benzene ring substituents is 1. The Hall–Kier alpha value is -5.72. The van der Waals surface area contributed by atoms with E-state index in [-0.39, 0.29) is 33.8 Å². The molecule has 5 aromatic rings. The molecule has 11 nitrogen and oxygen atoms in total. The first-order valence-electron chi connectivity index (χ1n) is 12.0. The highest BCUT2D eigenvalue weighted by Crippen LogP contribution is 2.33. The Kier molecular flexibility index (Phi) is 7.33. The van der Waals surface area contributed by atoms with Crippen molar-refractivity contribution in [1.29, 1.82) is 10.5 Å². The molecule has 0 aliphatic rings. The zero-order valence-corrected chi connectivity index (χ0v) is 22.8. The molecule has 0 saturated heterocycles. The van der Waals surface area contributed by atoms with Crippen molar-refractivity contribution in [2.24, 2.45) is 10.1 Å². The topological polar surface area (TPSA) is 166 Å². The molecule has 5 rings (SSSR count). The van der Waals surface area contributed by atoms with Gasteiger partial charge < -0.3 is 4.98 Å². The summed E-state index contributed by atoms with van der Waals surface area (Å²) in [6.07, 6.45) is 1.47. The van der Waals surface area contributed by atoms with Crippen molar-refractivity contribution in [3.05, 3.63) is 120 Å². The van der Waals surface area contributed by atoms with Gasteiger partial charge in [0.05, 0.1) is 16.0 Å². The van der Waals surface area contributed by atoms with Gasteiger partial charge >= 0.3 is 0 Å². The van der Waals surface area contributed by atoms with Crippen LogP contribution in [0.25, 0.3) is 22.2 Å². The first kappa shape index (κ1) is 26.9. The number of nitrogens with one attached hydrogen (secondary N) is 1. The van der Waals surface area contributed by atoms with Crippen LogP contribution in [-0.4, -0.2) is 31.5 Å². The number of nitriles is 2. The molecule has 0 unspecified atom stereocenters. The van der Waals surface area contributed by atoms with Gasteiger partial charge in [-0.15, -0.1) is 0 Å². The quantitative estimate of drug-likeness (QED) is 0.145. The Morgan fingerprint density at radius 1 is 1.05 bits per heavy atom. The lowest BCUT2D eigenvalue weighted by Crippen LogP contribution is -2.23. The van der Waals surface area contributed by atoms with E-state index in [1.54, 1.807) is 19.1 Å². The normalized spacial score (nSPS) is 11.5. The molecular weight excluding hydrogens is 588 g/mol. The Morgan fingerprint density at radius 3 is 2.37 bits per heavy atom. The predicted molar refractivity (Wildman–Crippen MR) is 157 cm³/mol. The highest BCUT2D eigenvalue weighted by Gasteiger charge is 2.24. The summed E-state index contributed by atoms with van der Waals surface area (Å²) >= 11 is 3.38. The number of aromatic nitrogens is 3. The van der Waals surface area contributed by atoms with E-state index in [2.05, 4.69) is 42.1 Å². The standard InChI is InChI=1S/C29H17BrN8O3/c1-17(27-34-24-4-2-3-5-25(24)35-27)36-37-28(33-16-18-6-10-20(30)11-7-18)22(14-31)26(23(15-32)29(37)39)19-8-12-21(13-9-19)38(40)41/h2-13,16H,1H3,(H,34,35)/b33-16+,36-17+. The second-order valence-corrected chi connectivity index (χ2v) is 9.61.